The summed E-state index contributed by atoms with van der Waals surface area (Å²) >= 11 is 0.676. The van der Waals surface area contributed by atoms with E-state index >= 15 is 0 Å². The van der Waals surface area contributed by atoms with Crippen LogP contribution >= 0.6 is 11.3 Å². The molecule has 4 N–H and O–H groups in total. The highest BCUT2D eigenvalue weighted by Crippen LogP contribution is 2.21. The molecular formula is C5H7N3O3S2. The Bertz CT molecular complexity index is 448. The van der Waals surface area contributed by atoms with Crippen molar-refractivity contribution in [1.29, 1.82) is 0 Å². The van der Waals surface area contributed by atoms with Crippen LogP contribution in [0, 0.1) is 6.92 Å². The van der Waals surface area contributed by atoms with Crippen molar-refractivity contribution in [2.45, 2.75) is 11.1 Å². The second-order valence-corrected chi connectivity index (χ2v) is 5.06. The Morgan fingerprint density at radius 2 is 2.08 bits per heavy atom. The van der Waals surface area contributed by atoms with Crippen molar-refractivity contribution < 1.29 is 13.2 Å². The second kappa shape index (κ2) is 3.05. The molecule has 0 unspecified atom stereocenters. The zero-order valence-corrected chi connectivity index (χ0v) is 8.28. The average Bonchev–Trinajstić information content (AvgIpc) is 2.29. The van der Waals surface area contributed by atoms with Gasteiger partial charge in [-0.25, -0.2) is 18.5 Å². The largest absolute Gasteiger partial charge is 0.364 e. The summed E-state index contributed by atoms with van der Waals surface area (Å²) in [6.45, 7) is 1.45. The molecule has 0 fully saturated rings. The first-order valence-corrected chi connectivity index (χ1v) is 5.48. The molecule has 1 aromatic rings. The number of carbonyl (C=O) groups excluding carboxylic acids is 1. The lowest BCUT2D eigenvalue weighted by Crippen LogP contribution is -2.11. The van der Waals surface area contributed by atoms with Gasteiger partial charge in [0.15, 0.2) is 9.22 Å². The van der Waals surface area contributed by atoms with Crippen LogP contribution in [-0.2, 0) is 10.0 Å². The van der Waals surface area contributed by atoms with Crippen molar-refractivity contribution in [3.05, 3.63) is 10.7 Å². The fraction of sp³-hybridized carbons (Fsp3) is 0.200. The van der Waals surface area contributed by atoms with Crippen LogP contribution in [-0.4, -0.2) is 19.3 Å². The number of amides is 1. The molecule has 0 spiro atoms. The van der Waals surface area contributed by atoms with Crippen molar-refractivity contribution >= 4 is 27.3 Å². The third-order valence-corrected chi connectivity index (χ3v) is 3.95. The van der Waals surface area contributed by atoms with Crippen molar-refractivity contribution in [2.75, 3.05) is 0 Å². The Morgan fingerprint density at radius 3 is 2.31 bits per heavy atom. The Morgan fingerprint density at radius 1 is 1.54 bits per heavy atom. The Hall–Kier alpha value is -0.990. The van der Waals surface area contributed by atoms with Crippen LogP contribution in [0.4, 0.5) is 0 Å². The molecule has 1 amide bonds. The van der Waals surface area contributed by atoms with Gasteiger partial charge in [0.1, 0.15) is 0 Å². The number of aromatic nitrogens is 1. The summed E-state index contributed by atoms with van der Waals surface area (Å²) in [7, 11) is -3.80. The fourth-order valence-electron chi connectivity index (χ4n) is 0.752. The predicted octanol–water partition coefficient (Wildman–Crippen LogP) is -0.802. The Kier molecular flexibility index (Phi) is 2.37. The van der Waals surface area contributed by atoms with Gasteiger partial charge in [0.25, 0.3) is 5.91 Å². The minimum absolute atomic E-state index is 0.0541. The molecule has 1 rings (SSSR count). The van der Waals surface area contributed by atoms with Gasteiger partial charge < -0.3 is 5.73 Å². The molecule has 0 aliphatic carbocycles. The maximum Gasteiger partial charge on any atom is 0.277 e. The van der Waals surface area contributed by atoms with E-state index in [0.29, 0.717) is 11.3 Å². The Labute approximate surface area is 78.6 Å². The zero-order chi connectivity index (χ0) is 10.2. The summed E-state index contributed by atoms with van der Waals surface area (Å²) in [6, 6.07) is 0. The molecule has 0 atom stereocenters. The molecule has 0 aromatic carbocycles. The summed E-state index contributed by atoms with van der Waals surface area (Å²) < 4.78 is 21.6. The average molecular weight is 221 g/mol. The molecule has 1 aromatic heterocycles. The maximum atomic E-state index is 10.9. The zero-order valence-electron chi connectivity index (χ0n) is 6.64. The maximum absolute atomic E-state index is 10.9. The molecule has 0 aliphatic rings. The summed E-state index contributed by atoms with van der Waals surface area (Å²) in [6.07, 6.45) is 0. The molecule has 0 saturated carbocycles. The van der Waals surface area contributed by atoms with Gasteiger partial charge >= 0.3 is 0 Å². The van der Waals surface area contributed by atoms with Crippen LogP contribution in [0.1, 0.15) is 15.5 Å². The van der Waals surface area contributed by atoms with E-state index in [4.69, 9.17) is 10.9 Å². The van der Waals surface area contributed by atoms with Crippen LogP contribution in [0.3, 0.4) is 0 Å². The van der Waals surface area contributed by atoms with Crippen molar-refractivity contribution in [3.63, 3.8) is 0 Å². The van der Waals surface area contributed by atoms with Crippen LogP contribution in [0.5, 0.6) is 0 Å². The van der Waals surface area contributed by atoms with E-state index in [1.165, 1.54) is 6.92 Å². The first kappa shape index (κ1) is 10.1. The van der Waals surface area contributed by atoms with Gasteiger partial charge in [0, 0.05) is 0 Å². The van der Waals surface area contributed by atoms with E-state index in [2.05, 4.69) is 4.98 Å². The molecule has 0 radical (unpaired) electrons. The van der Waals surface area contributed by atoms with Gasteiger partial charge in [0.05, 0.1) is 5.69 Å². The van der Waals surface area contributed by atoms with E-state index in [-0.39, 0.29) is 14.9 Å². The van der Waals surface area contributed by atoms with E-state index in [1.54, 1.807) is 0 Å². The normalized spacial score (nSPS) is 11.5. The molecule has 0 saturated heterocycles. The molecule has 1 heterocycles. The monoisotopic (exact) mass is 221 g/mol. The molecule has 0 aliphatic heterocycles. The molecule has 13 heavy (non-hydrogen) atoms. The number of carbonyl (C=O) groups is 1. The minimum atomic E-state index is -3.80. The number of hydrogen-bond donors (Lipinski definition) is 2. The highest BCUT2D eigenvalue weighted by Gasteiger charge is 2.19. The molecule has 0 bridgehead atoms. The van der Waals surface area contributed by atoms with Gasteiger partial charge in [-0.1, -0.05) is 11.3 Å². The van der Waals surface area contributed by atoms with Gasteiger partial charge in [-0.3, -0.25) is 4.79 Å². The van der Waals surface area contributed by atoms with Crippen LogP contribution < -0.4 is 10.9 Å². The number of thiazole rings is 1. The lowest BCUT2D eigenvalue weighted by molar-refractivity contribution is 0.1000. The van der Waals surface area contributed by atoms with Gasteiger partial charge in [-0.15, -0.1) is 0 Å². The number of primary amides is 1. The number of nitrogens with two attached hydrogens (primary N) is 2. The number of aryl methyl sites for hydroxylation is 1. The number of nitrogens with zero attached hydrogens (tertiary/aromatic N) is 1. The summed E-state index contributed by atoms with van der Waals surface area (Å²) in [5.74, 6) is -0.761. The molecule has 6 nitrogen and oxygen atoms in total. The summed E-state index contributed by atoms with van der Waals surface area (Å²) in [5.41, 5.74) is 5.11. The van der Waals surface area contributed by atoms with E-state index in [0.717, 1.165) is 0 Å². The quantitative estimate of drug-likeness (QED) is 0.679. The van der Waals surface area contributed by atoms with Crippen LogP contribution in [0.15, 0.2) is 4.21 Å². The van der Waals surface area contributed by atoms with Crippen LogP contribution in [0.25, 0.3) is 0 Å². The molecule has 72 valence electrons. The first-order chi connectivity index (χ1) is 5.82. The molecular weight excluding hydrogens is 214 g/mol. The van der Waals surface area contributed by atoms with Gasteiger partial charge in [0.2, 0.25) is 10.0 Å². The first-order valence-electron chi connectivity index (χ1n) is 3.12. The number of primary sulfonamides is 1. The third-order valence-electron chi connectivity index (χ3n) is 1.22. The topological polar surface area (TPSA) is 116 Å². The highest BCUT2D eigenvalue weighted by atomic mass is 32.2. The number of hydrogen-bond acceptors (Lipinski definition) is 5. The summed E-state index contributed by atoms with van der Waals surface area (Å²) in [5, 5.41) is 4.81. The highest BCUT2D eigenvalue weighted by molar-refractivity contribution is 7.91. The number of sulfonamides is 1. The molecule has 8 heteroatoms. The SMILES string of the molecule is Cc1nc(C(N)=O)sc1S(N)(=O)=O. The summed E-state index contributed by atoms with van der Waals surface area (Å²) in [4.78, 5) is 14.3. The van der Waals surface area contributed by atoms with Gasteiger partial charge in [-0.2, -0.15) is 0 Å². The minimum Gasteiger partial charge on any atom is -0.364 e. The van der Waals surface area contributed by atoms with Crippen molar-refractivity contribution in [2.24, 2.45) is 10.9 Å². The predicted molar refractivity (Wildman–Crippen MR) is 46.7 cm³/mol. The number of rotatable bonds is 2. The fourth-order valence-corrected chi connectivity index (χ4v) is 2.56. The van der Waals surface area contributed by atoms with Gasteiger partial charge in [-0.05, 0) is 6.92 Å². The standard InChI is InChI=1S/C5H7N3O3S2/c1-2-5(13(7,10)11)12-4(8-2)3(6)9/h1H3,(H2,6,9)(H2,7,10,11). The van der Waals surface area contributed by atoms with E-state index in [9.17, 15) is 13.2 Å². The smallest absolute Gasteiger partial charge is 0.277 e. The second-order valence-electron chi connectivity index (χ2n) is 2.30. The Balaban J connectivity index is 3.35. The van der Waals surface area contributed by atoms with E-state index < -0.39 is 15.9 Å². The van der Waals surface area contributed by atoms with Crippen molar-refractivity contribution in [1.82, 2.24) is 4.98 Å². The van der Waals surface area contributed by atoms with Crippen molar-refractivity contribution in [3.8, 4) is 0 Å². The lowest BCUT2D eigenvalue weighted by atomic mass is 10.6. The van der Waals surface area contributed by atoms with E-state index in [1.807, 2.05) is 0 Å². The third kappa shape index (κ3) is 2.02. The lowest BCUT2D eigenvalue weighted by Gasteiger charge is -1.90. The van der Waals surface area contributed by atoms with Crippen LogP contribution in [0.2, 0.25) is 0 Å².